The van der Waals surface area contributed by atoms with E-state index in [1.807, 2.05) is 0 Å². The molecule has 22 nitrogen and oxygen atoms in total. The molecule has 4 fully saturated rings. The van der Waals surface area contributed by atoms with E-state index in [0.717, 1.165) is 0 Å². The zero-order valence-electron chi connectivity index (χ0n) is 30.7. The fraction of sp³-hybridized carbons (Fsp3) is 1.00. The predicted molar refractivity (Wildman–Crippen MR) is 179 cm³/mol. The van der Waals surface area contributed by atoms with Crippen molar-refractivity contribution in [2.24, 2.45) is 17.8 Å². The molecule has 55 heavy (non-hydrogen) atoms. The lowest BCUT2D eigenvalue weighted by atomic mass is 9.81. The molecule has 12 N–H and O–H groups in total. The Kier molecular flexibility index (Phi) is 17.0. The summed E-state index contributed by atoms with van der Waals surface area (Å²) in [5, 5.41) is 115. The normalized spacial score (nSPS) is 45.4. The molecule has 23 heteroatoms. The van der Waals surface area contributed by atoms with E-state index in [0.29, 0.717) is 0 Å². The van der Waals surface area contributed by atoms with Crippen LogP contribution in [0.25, 0.3) is 0 Å². The van der Waals surface area contributed by atoms with E-state index >= 15 is 0 Å². The van der Waals surface area contributed by atoms with Crippen molar-refractivity contribution < 1.29 is 106 Å². The van der Waals surface area contributed by atoms with Crippen molar-refractivity contribution in [2.45, 2.75) is 124 Å². The standard InChI is InChI=1S/C32H58O22S/c1-13-14(26(38)27(39)20(51-13)10-49-8-16-25(37)18(5-34)54-32(2,3)31(16)43)6-47-9-19-24(36)15(23(35)17(4-33)52-19)7-48-11-21-28(40)30(42)29(41)22(53-21)12-50-55(44,45)46/h13-31,33-43H,4-12H2,1-3H3,(H,44,45,46). The molecule has 0 aromatic carbocycles. The highest BCUT2D eigenvalue weighted by Crippen LogP contribution is 2.34. The van der Waals surface area contributed by atoms with Crippen LogP contribution in [-0.4, -0.2) is 232 Å². The second-order valence-electron chi connectivity index (χ2n) is 15.1. The summed E-state index contributed by atoms with van der Waals surface area (Å²) in [5.41, 5.74) is -1.07. The van der Waals surface area contributed by atoms with Crippen molar-refractivity contribution in [3.63, 3.8) is 0 Å². The van der Waals surface area contributed by atoms with Crippen LogP contribution in [0.15, 0.2) is 0 Å². The van der Waals surface area contributed by atoms with Crippen LogP contribution in [0.4, 0.5) is 0 Å². The topological polar surface area (TPSA) is 351 Å². The first-order valence-electron chi connectivity index (χ1n) is 18.1. The van der Waals surface area contributed by atoms with Crippen molar-refractivity contribution in [3.8, 4) is 0 Å². The molecule has 324 valence electrons. The Morgan fingerprint density at radius 2 is 0.927 bits per heavy atom. The maximum atomic E-state index is 11.1. The smallest absolute Gasteiger partial charge is 0.394 e. The quantitative estimate of drug-likeness (QED) is 0.0607. The zero-order valence-corrected chi connectivity index (χ0v) is 31.5. The molecule has 0 bridgehead atoms. The van der Waals surface area contributed by atoms with Crippen LogP contribution in [0.2, 0.25) is 0 Å². The second kappa shape index (κ2) is 19.9. The molecule has 4 aliphatic heterocycles. The Hall–Kier alpha value is -0.850. The molecule has 4 saturated heterocycles. The second-order valence-corrected chi connectivity index (χ2v) is 16.2. The molecule has 0 saturated carbocycles. The minimum absolute atomic E-state index is 0.159. The van der Waals surface area contributed by atoms with Gasteiger partial charge < -0.3 is 89.3 Å². The summed E-state index contributed by atoms with van der Waals surface area (Å²) in [5.74, 6) is -2.68. The molecule has 19 unspecified atom stereocenters. The lowest BCUT2D eigenvalue weighted by Crippen LogP contribution is -2.61. The van der Waals surface area contributed by atoms with Gasteiger partial charge in [-0.3, -0.25) is 4.55 Å². The Morgan fingerprint density at radius 3 is 1.47 bits per heavy atom. The number of hydrogen-bond acceptors (Lipinski definition) is 21. The van der Waals surface area contributed by atoms with E-state index in [1.54, 1.807) is 20.8 Å². The van der Waals surface area contributed by atoms with Crippen molar-refractivity contribution in [1.82, 2.24) is 0 Å². The van der Waals surface area contributed by atoms with Gasteiger partial charge in [0.15, 0.2) is 0 Å². The monoisotopic (exact) mass is 826 g/mol. The SMILES string of the molecule is CC1OC(COCC2C(O)C(CO)OC(C)(C)C2O)C(O)C(O)C1COCC1OC(CO)C(O)C(COCC2OC(COS(=O)(=O)O)C(O)C(O)C2O)C1O. The lowest BCUT2D eigenvalue weighted by molar-refractivity contribution is -0.258. The summed E-state index contributed by atoms with van der Waals surface area (Å²) < 4.78 is 74.5. The average Bonchev–Trinajstić information content (AvgIpc) is 3.12. The maximum Gasteiger partial charge on any atom is 0.397 e. The van der Waals surface area contributed by atoms with Crippen LogP contribution in [0, 0.1) is 17.8 Å². The maximum absolute atomic E-state index is 11.1. The van der Waals surface area contributed by atoms with Gasteiger partial charge in [-0.15, -0.1) is 0 Å². The minimum atomic E-state index is -4.91. The van der Waals surface area contributed by atoms with Crippen LogP contribution in [0.1, 0.15) is 20.8 Å². The molecule has 19 atom stereocenters. The third kappa shape index (κ3) is 11.5. The Bertz CT molecular complexity index is 1280. The van der Waals surface area contributed by atoms with Gasteiger partial charge in [-0.2, -0.15) is 8.42 Å². The van der Waals surface area contributed by atoms with Gasteiger partial charge >= 0.3 is 10.4 Å². The van der Waals surface area contributed by atoms with E-state index in [-0.39, 0.29) is 26.4 Å². The van der Waals surface area contributed by atoms with E-state index in [9.17, 15) is 64.6 Å². The van der Waals surface area contributed by atoms with Crippen molar-refractivity contribution in [2.75, 3.05) is 59.5 Å². The molecule has 0 aromatic heterocycles. The van der Waals surface area contributed by atoms with Crippen LogP contribution < -0.4 is 0 Å². The van der Waals surface area contributed by atoms with Crippen molar-refractivity contribution >= 4 is 10.4 Å². The van der Waals surface area contributed by atoms with Gasteiger partial charge in [0.25, 0.3) is 0 Å². The summed E-state index contributed by atoms with van der Waals surface area (Å²) in [6, 6.07) is 0. The number of ether oxygens (including phenoxy) is 7. The minimum Gasteiger partial charge on any atom is -0.394 e. The average molecular weight is 827 g/mol. The molecule has 4 aliphatic rings. The molecular weight excluding hydrogens is 768 g/mol. The first kappa shape index (κ1) is 46.8. The molecule has 0 aliphatic carbocycles. The summed E-state index contributed by atoms with van der Waals surface area (Å²) in [6.07, 6.45) is -21.1. The Balaban J connectivity index is 1.26. The van der Waals surface area contributed by atoms with Crippen LogP contribution in [0.3, 0.4) is 0 Å². The predicted octanol–water partition coefficient (Wildman–Crippen LogP) is -6.56. The Labute approximate surface area is 318 Å². The van der Waals surface area contributed by atoms with Crippen molar-refractivity contribution in [3.05, 3.63) is 0 Å². The first-order valence-corrected chi connectivity index (χ1v) is 19.4. The van der Waals surface area contributed by atoms with Crippen molar-refractivity contribution in [1.29, 1.82) is 0 Å². The van der Waals surface area contributed by atoms with Gasteiger partial charge in [-0.25, -0.2) is 4.18 Å². The van der Waals surface area contributed by atoms with Gasteiger partial charge in [0.1, 0.15) is 61.0 Å². The summed E-state index contributed by atoms with van der Waals surface area (Å²) >= 11 is 0. The highest BCUT2D eigenvalue weighted by Gasteiger charge is 2.50. The van der Waals surface area contributed by atoms with E-state index in [4.69, 9.17) is 37.7 Å². The van der Waals surface area contributed by atoms with Gasteiger partial charge in [0.05, 0.1) is 102 Å². The molecule has 0 radical (unpaired) electrons. The number of aliphatic hydroxyl groups excluding tert-OH is 11. The van der Waals surface area contributed by atoms with Gasteiger partial charge in [-0.05, 0) is 20.8 Å². The molecule has 0 aromatic rings. The third-order valence-corrected chi connectivity index (χ3v) is 11.3. The van der Waals surface area contributed by atoms with E-state index < -0.39 is 164 Å². The van der Waals surface area contributed by atoms with Gasteiger partial charge in [-0.1, -0.05) is 0 Å². The largest absolute Gasteiger partial charge is 0.397 e. The third-order valence-electron chi connectivity index (χ3n) is 10.9. The molecule has 4 rings (SSSR count). The summed E-state index contributed by atoms with van der Waals surface area (Å²) in [7, 11) is -4.91. The lowest BCUT2D eigenvalue weighted by Gasteiger charge is -2.47. The number of rotatable bonds is 17. The first-order chi connectivity index (χ1) is 25.7. The fourth-order valence-corrected chi connectivity index (χ4v) is 7.77. The summed E-state index contributed by atoms with van der Waals surface area (Å²) in [6.45, 7) is 1.13. The number of hydrogen-bond donors (Lipinski definition) is 12. The fourth-order valence-electron chi connectivity index (χ4n) is 7.46. The number of aliphatic hydroxyl groups is 11. The van der Waals surface area contributed by atoms with E-state index in [2.05, 4.69) is 4.18 Å². The highest BCUT2D eigenvalue weighted by molar-refractivity contribution is 7.80. The zero-order chi connectivity index (χ0) is 41.0. The van der Waals surface area contributed by atoms with Crippen LogP contribution >= 0.6 is 0 Å². The Morgan fingerprint density at radius 1 is 0.509 bits per heavy atom. The van der Waals surface area contributed by atoms with E-state index in [1.165, 1.54) is 0 Å². The molecule has 4 heterocycles. The highest BCUT2D eigenvalue weighted by atomic mass is 32.3. The summed E-state index contributed by atoms with van der Waals surface area (Å²) in [4.78, 5) is 0. The molecule has 0 spiro atoms. The van der Waals surface area contributed by atoms with Gasteiger partial charge in [0.2, 0.25) is 0 Å². The molecule has 0 amide bonds. The van der Waals surface area contributed by atoms with Crippen LogP contribution in [0.5, 0.6) is 0 Å². The van der Waals surface area contributed by atoms with Crippen LogP contribution in [-0.2, 0) is 47.7 Å². The molecular formula is C32H58O22S. The van der Waals surface area contributed by atoms with Gasteiger partial charge in [0, 0.05) is 17.8 Å².